The molecule has 2 aromatic rings. The first kappa shape index (κ1) is 22.6. The predicted molar refractivity (Wildman–Crippen MR) is 132 cm³/mol. The molecule has 1 atom stereocenters. The van der Waals surface area contributed by atoms with Gasteiger partial charge in [-0.2, -0.15) is 0 Å². The highest BCUT2D eigenvalue weighted by Crippen LogP contribution is 2.31. The molecule has 5 nitrogen and oxygen atoms in total. The molecule has 3 N–H and O–H groups in total. The van der Waals surface area contributed by atoms with E-state index in [9.17, 15) is 0 Å². The summed E-state index contributed by atoms with van der Waals surface area (Å²) in [6, 6.07) is 16.1. The minimum absolute atomic E-state index is 0.613. The normalized spacial score (nSPS) is 17.9. The molecule has 164 valence electrons. The van der Waals surface area contributed by atoms with Crippen molar-refractivity contribution in [3.63, 3.8) is 0 Å². The Morgan fingerprint density at radius 1 is 1.10 bits per heavy atom. The second-order valence-electron chi connectivity index (χ2n) is 8.36. The van der Waals surface area contributed by atoms with E-state index in [1.165, 1.54) is 11.1 Å². The molecule has 3 rings (SSSR count). The highest BCUT2D eigenvalue weighted by Gasteiger charge is 2.31. The van der Waals surface area contributed by atoms with Crippen LogP contribution >= 0.6 is 0 Å². The lowest BCUT2D eigenvalue weighted by atomic mass is 10.0. The number of nitrogens with two attached hydrogens (primary N) is 1. The predicted octanol–water partition coefficient (Wildman–Crippen LogP) is 5.70. The third-order valence-electron chi connectivity index (χ3n) is 5.45. The van der Waals surface area contributed by atoms with Crippen LogP contribution in [0.1, 0.15) is 45.6 Å². The van der Waals surface area contributed by atoms with Gasteiger partial charge in [-0.15, -0.1) is 0 Å². The van der Waals surface area contributed by atoms with Crippen LogP contribution < -0.4 is 20.7 Å². The molecule has 1 heterocycles. The van der Waals surface area contributed by atoms with E-state index in [1.54, 1.807) is 7.11 Å². The van der Waals surface area contributed by atoms with Gasteiger partial charge in [0.05, 0.1) is 7.11 Å². The van der Waals surface area contributed by atoms with Crippen LogP contribution in [0.3, 0.4) is 0 Å². The van der Waals surface area contributed by atoms with Gasteiger partial charge in [-0.1, -0.05) is 35.4 Å². The molecule has 31 heavy (non-hydrogen) atoms. The Morgan fingerprint density at radius 2 is 1.81 bits per heavy atom. The van der Waals surface area contributed by atoms with Crippen LogP contribution in [-0.2, 0) is 0 Å². The van der Waals surface area contributed by atoms with Crippen molar-refractivity contribution in [3.05, 3.63) is 77.4 Å². The van der Waals surface area contributed by atoms with Crippen LogP contribution in [0.15, 0.2) is 76.8 Å². The first-order valence-corrected chi connectivity index (χ1v) is 10.7. The van der Waals surface area contributed by atoms with Crippen LogP contribution in [0, 0.1) is 0 Å². The Kier molecular flexibility index (Phi) is 7.18. The molecule has 0 saturated carbocycles. The van der Waals surface area contributed by atoms with Gasteiger partial charge < -0.3 is 15.0 Å². The number of anilines is 2. The zero-order valence-electron chi connectivity index (χ0n) is 19.3. The highest BCUT2D eigenvalue weighted by atomic mass is 16.5. The van der Waals surface area contributed by atoms with Gasteiger partial charge in [0, 0.05) is 30.4 Å². The zero-order chi connectivity index (χ0) is 22.4. The van der Waals surface area contributed by atoms with E-state index in [0.29, 0.717) is 6.42 Å². The summed E-state index contributed by atoms with van der Waals surface area (Å²) < 4.78 is 5.29. The van der Waals surface area contributed by atoms with Crippen molar-refractivity contribution in [2.75, 3.05) is 24.4 Å². The van der Waals surface area contributed by atoms with E-state index in [4.69, 9.17) is 15.5 Å². The Morgan fingerprint density at radius 3 is 2.48 bits per heavy atom. The van der Waals surface area contributed by atoms with Crippen molar-refractivity contribution in [2.24, 2.45) is 10.7 Å². The maximum atomic E-state index is 6.75. The molecule has 0 radical (unpaired) electrons. The van der Waals surface area contributed by atoms with E-state index in [1.807, 2.05) is 43.4 Å². The van der Waals surface area contributed by atoms with E-state index < -0.39 is 5.79 Å². The summed E-state index contributed by atoms with van der Waals surface area (Å²) in [6.07, 6.45) is 7.16. The Hall–Kier alpha value is -3.05. The molecule has 0 amide bonds. The van der Waals surface area contributed by atoms with Crippen molar-refractivity contribution in [2.45, 2.75) is 45.8 Å². The van der Waals surface area contributed by atoms with Crippen molar-refractivity contribution >= 4 is 17.2 Å². The van der Waals surface area contributed by atoms with Crippen molar-refractivity contribution < 1.29 is 4.74 Å². The molecule has 2 aromatic carbocycles. The van der Waals surface area contributed by atoms with Gasteiger partial charge >= 0.3 is 0 Å². The standard InChI is InChI=1S/C26H34N4O/c1-19(2)9-8-10-20(3)17-18-26(27)28-24-12-7-6-11-23(24)25(29-26)30(4)21-13-15-22(31-5)16-14-21/h6-7,9,11-17,28H,8,10,18,27H2,1-5H3. The number of methoxy groups -OCH3 is 1. The maximum absolute atomic E-state index is 6.75. The summed E-state index contributed by atoms with van der Waals surface area (Å²) in [5, 5.41) is 3.44. The van der Waals surface area contributed by atoms with Crippen LogP contribution in [0.2, 0.25) is 0 Å². The van der Waals surface area contributed by atoms with Gasteiger partial charge in [-0.05, 0) is 70.0 Å². The lowest BCUT2D eigenvalue weighted by molar-refractivity contribution is 0.415. The number of hydrogen-bond acceptors (Lipinski definition) is 5. The fourth-order valence-corrected chi connectivity index (χ4v) is 3.60. The average molecular weight is 419 g/mol. The lowest BCUT2D eigenvalue weighted by Crippen LogP contribution is -2.51. The van der Waals surface area contributed by atoms with Gasteiger partial charge in [0.25, 0.3) is 0 Å². The minimum Gasteiger partial charge on any atom is -0.497 e. The number of hydrogen-bond donors (Lipinski definition) is 2. The quantitative estimate of drug-likeness (QED) is 0.566. The third-order valence-corrected chi connectivity index (χ3v) is 5.45. The van der Waals surface area contributed by atoms with Gasteiger partial charge in [0.1, 0.15) is 11.6 Å². The lowest BCUT2D eigenvalue weighted by Gasteiger charge is -2.36. The first-order chi connectivity index (χ1) is 14.8. The number of rotatable bonds is 7. The summed E-state index contributed by atoms with van der Waals surface area (Å²) >= 11 is 0. The number of allylic oxidation sites excluding steroid dienone is 3. The van der Waals surface area contributed by atoms with Gasteiger partial charge in [0.15, 0.2) is 5.79 Å². The van der Waals surface area contributed by atoms with Crippen LogP contribution in [0.5, 0.6) is 5.75 Å². The number of para-hydroxylation sites is 1. The largest absolute Gasteiger partial charge is 0.497 e. The van der Waals surface area contributed by atoms with Crippen LogP contribution in [-0.4, -0.2) is 25.8 Å². The minimum atomic E-state index is -0.901. The number of nitrogens with zero attached hydrogens (tertiary/aromatic N) is 2. The Bertz CT molecular complexity index is 987. The van der Waals surface area contributed by atoms with Crippen molar-refractivity contribution in [1.82, 2.24) is 0 Å². The van der Waals surface area contributed by atoms with Crippen LogP contribution in [0.25, 0.3) is 0 Å². The van der Waals surface area contributed by atoms with Crippen LogP contribution in [0.4, 0.5) is 11.4 Å². The topological polar surface area (TPSA) is 62.9 Å². The number of amidine groups is 1. The fourth-order valence-electron chi connectivity index (χ4n) is 3.60. The molecule has 0 aliphatic carbocycles. The Balaban J connectivity index is 1.87. The molecule has 0 saturated heterocycles. The van der Waals surface area contributed by atoms with Gasteiger partial charge in [0.2, 0.25) is 0 Å². The van der Waals surface area contributed by atoms with Crippen molar-refractivity contribution in [3.8, 4) is 5.75 Å². The number of benzene rings is 2. The third kappa shape index (κ3) is 5.76. The molecular weight excluding hydrogens is 384 g/mol. The first-order valence-electron chi connectivity index (χ1n) is 10.7. The summed E-state index contributed by atoms with van der Waals surface area (Å²) in [5.74, 6) is 0.770. The number of nitrogens with one attached hydrogen (secondary N) is 1. The number of fused-ring (bicyclic) bond motifs is 1. The van der Waals surface area contributed by atoms with E-state index in [0.717, 1.165) is 41.4 Å². The van der Waals surface area contributed by atoms with E-state index in [2.05, 4.69) is 55.3 Å². The summed E-state index contributed by atoms with van der Waals surface area (Å²) in [7, 11) is 3.69. The number of aliphatic imine (C=N–C) groups is 1. The molecule has 0 spiro atoms. The maximum Gasteiger partial charge on any atom is 0.188 e. The SMILES string of the molecule is COc1ccc(N(C)C2=NC(N)(CC=C(C)CCC=C(C)C)Nc3ccccc32)cc1. The second-order valence-corrected chi connectivity index (χ2v) is 8.36. The fraction of sp³-hybridized carbons (Fsp3) is 0.346. The molecule has 5 heteroatoms. The average Bonchev–Trinajstić information content (AvgIpc) is 2.76. The van der Waals surface area contributed by atoms with E-state index >= 15 is 0 Å². The molecule has 1 unspecified atom stereocenters. The molecule has 1 aliphatic rings. The molecular formula is C26H34N4O. The smallest absolute Gasteiger partial charge is 0.188 e. The van der Waals surface area contributed by atoms with Gasteiger partial charge in [-0.3, -0.25) is 5.73 Å². The molecule has 0 aromatic heterocycles. The summed E-state index contributed by atoms with van der Waals surface area (Å²) in [6.45, 7) is 6.42. The zero-order valence-corrected chi connectivity index (χ0v) is 19.3. The highest BCUT2D eigenvalue weighted by molar-refractivity contribution is 6.14. The molecule has 1 aliphatic heterocycles. The summed E-state index contributed by atoms with van der Waals surface area (Å²) in [4.78, 5) is 7.05. The molecule has 0 fully saturated rings. The summed E-state index contributed by atoms with van der Waals surface area (Å²) in [5.41, 5.74) is 12.5. The van der Waals surface area contributed by atoms with Crippen molar-refractivity contribution in [1.29, 1.82) is 0 Å². The van der Waals surface area contributed by atoms with E-state index in [-0.39, 0.29) is 0 Å². The molecule has 0 bridgehead atoms. The second kappa shape index (κ2) is 9.84. The Labute approximate surface area is 186 Å². The monoisotopic (exact) mass is 418 g/mol. The van der Waals surface area contributed by atoms with Gasteiger partial charge in [-0.25, -0.2) is 4.99 Å². The number of ether oxygens (including phenoxy) is 1.